The largest absolute Gasteiger partial charge is 0.379 e. The number of amides is 1. The number of carbonyl (C=O) groups excluding carboxylic acids is 1. The van der Waals surface area contributed by atoms with Crippen LogP contribution >= 0.6 is 11.3 Å². The summed E-state index contributed by atoms with van der Waals surface area (Å²) in [7, 11) is 0. The molecule has 1 amide bonds. The van der Waals surface area contributed by atoms with E-state index in [4.69, 9.17) is 4.74 Å². The lowest BCUT2D eigenvalue weighted by Gasteiger charge is -2.31. The average molecular weight is 294 g/mol. The molecule has 0 bridgehead atoms. The number of rotatable bonds is 2. The SMILES string of the molecule is CC(=O)N1CCOCC2(CCN(Cc3cccs3)C2)C1. The summed E-state index contributed by atoms with van der Waals surface area (Å²) in [5, 5.41) is 2.13. The Bertz CT molecular complexity index is 462. The van der Waals surface area contributed by atoms with E-state index in [1.54, 1.807) is 6.92 Å². The Morgan fingerprint density at radius 3 is 3.10 bits per heavy atom. The number of hydrogen-bond donors (Lipinski definition) is 0. The molecule has 0 aromatic carbocycles. The van der Waals surface area contributed by atoms with Gasteiger partial charge in [0.2, 0.25) is 5.91 Å². The van der Waals surface area contributed by atoms with Gasteiger partial charge >= 0.3 is 0 Å². The number of hydrogen-bond acceptors (Lipinski definition) is 4. The third-order valence-corrected chi connectivity index (χ3v) is 5.22. The summed E-state index contributed by atoms with van der Waals surface area (Å²) in [6.45, 7) is 7.88. The summed E-state index contributed by atoms with van der Waals surface area (Å²) < 4.78 is 5.78. The first kappa shape index (κ1) is 14.0. The normalized spacial score (nSPS) is 27.9. The zero-order chi connectivity index (χ0) is 14.0. The highest BCUT2D eigenvalue weighted by molar-refractivity contribution is 7.09. The first-order chi connectivity index (χ1) is 9.67. The minimum atomic E-state index is 0.138. The van der Waals surface area contributed by atoms with E-state index in [0.29, 0.717) is 6.61 Å². The molecule has 110 valence electrons. The number of carbonyl (C=O) groups is 1. The second kappa shape index (κ2) is 5.84. The summed E-state index contributed by atoms with van der Waals surface area (Å²) in [4.78, 5) is 17.6. The number of thiophene rings is 1. The molecule has 5 heteroatoms. The van der Waals surface area contributed by atoms with Crippen molar-refractivity contribution in [1.82, 2.24) is 9.80 Å². The van der Waals surface area contributed by atoms with Crippen LogP contribution in [0.1, 0.15) is 18.2 Å². The maximum absolute atomic E-state index is 11.7. The molecule has 1 atom stereocenters. The van der Waals surface area contributed by atoms with Gasteiger partial charge in [0.15, 0.2) is 0 Å². The molecule has 3 rings (SSSR count). The Labute approximate surface area is 124 Å². The van der Waals surface area contributed by atoms with Crippen molar-refractivity contribution < 1.29 is 9.53 Å². The molecule has 4 nitrogen and oxygen atoms in total. The fraction of sp³-hybridized carbons (Fsp3) is 0.667. The zero-order valence-corrected chi connectivity index (χ0v) is 12.8. The molecule has 1 spiro atoms. The molecule has 0 N–H and O–H groups in total. The molecule has 2 saturated heterocycles. The van der Waals surface area contributed by atoms with Crippen LogP contribution in [0.4, 0.5) is 0 Å². The van der Waals surface area contributed by atoms with Gasteiger partial charge in [0.05, 0.1) is 13.2 Å². The van der Waals surface area contributed by atoms with E-state index < -0.39 is 0 Å². The van der Waals surface area contributed by atoms with E-state index in [-0.39, 0.29) is 11.3 Å². The predicted octanol–water partition coefficient (Wildman–Crippen LogP) is 1.82. The van der Waals surface area contributed by atoms with E-state index in [1.165, 1.54) is 4.88 Å². The van der Waals surface area contributed by atoms with Crippen molar-refractivity contribution in [2.45, 2.75) is 19.9 Å². The van der Waals surface area contributed by atoms with Crippen LogP contribution in [-0.4, -0.2) is 55.1 Å². The third-order valence-electron chi connectivity index (χ3n) is 4.36. The van der Waals surface area contributed by atoms with Crippen molar-refractivity contribution in [3.05, 3.63) is 22.4 Å². The molecular formula is C15H22N2O2S. The molecule has 0 saturated carbocycles. The molecule has 2 aliphatic rings. The second-order valence-corrected chi connectivity index (χ2v) is 7.07. The van der Waals surface area contributed by atoms with E-state index in [0.717, 1.165) is 45.8 Å². The molecule has 0 radical (unpaired) electrons. The summed E-state index contributed by atoms with van der Waals surface area (Å²) in [5.74, 6) is 0.173. The smallest absolute Gasteiger partial charge is 0.219 e. The minimum absolute atomic E-state index is 0.138. The fourth-order valence-corrected chi connectivity index (χ4v) is 4.04. The Hall–Kier alpha value is -0.910. The zero-order valence-electron chi connectivity index (χ0n) is 12.0. The topological polar surface area (TPSA) is 32.8 Å². The number of likely N-dealkylation sites (tertiary alicyclic amines) is 1. The Balaban J connectivity index is 1.65. The first-order valence-electron chi connectivity index (χ1n) is 7.25. The molecular weight excluding hydrogens is 272 g/mol. The molecule has 0 aliphatic carbocycles. The Morgan fingerprint density at radius 2 is 2.35 bits per heavy atom. The van der Waals surface area contributed by atoms with Crippen LogP contribution < -0.4 is 0 Å². The van der Waals surface area contributed by atoms with Gasteiger partial charge < -0.3 is 9.64 Å². The molecule has 1 aromatic rings. The van der Waals surface area contributed by atoms with Crippen molar-refractivity contribution in [1.29, 1.82) is 0 Å². The summed E-state index contributed by atoms with van der Waals surface area (Å²) >= 11 is 1.82. The molecule has 20 heavy (non-hydrogen) atoms. The van der Waals surface area contributed by atoms with Crippen molar-refractivity contribution >= 4 is 17.2 Å². The maximum atomic E-state index is 11.7. The molecule has 1 unspecified atom stereocenters. The lowest BCUT2D eigenvalue weighted by molar-refractivity contribution is -0.129. The molecule has 2 fully saturated rings. The van der Waals surface area contributed by atoms with Gasteiger partial charge in [0.1, 0.15) is 0 Å². The van der Waals surface area contributed by atoms with Crippen molar-refractivity contribution in [2.75, 3.05) is 39.4 Å². The van der Waals surface area contributed by atoms with Gasteiger partial charge in [0.25, 0.3) is 0 Å². The van der Waals surface area contributed by atoms with Gasteiger partial charge in [-0.3, -0.25) is 9.69 Å². The number of nitrogens with zero attached hydrogens (tertiary/aromatic N) is 2. The standard InChI is InChI=1S/C15H22N2O2S/c1-13(18)17-6-7-19-12-15(11-17)4-5-16(10-15)9-14-3-2-8-20-14/h2-3,8H,4-7,9-12H2,1H3. The van der Waals surface area contributed by atoms with Gasteiger partial charge in [-0.25, -0.2) is 0 Å². The van der Waals surface area contributed by atoms with Crippen LogP contribution in [0, 0.1) is 5.41 Å². The fourth-order valence-electron chi connectivity index (χ4n) is 3.29. The van der Waals surface area contributed by atoms with Gasteiger partial charge in [-0.05, 0) is 24.4 Å². The highest BCUT2D eigenvalue weighted by Gasteiger charge is 2.41. The van der Waals surface area contributed by atoms with Crippen LogP contribution in [0.5, 0.6) is 0 Å². The van der Waals surface area contributed by atoms with Crippen molar-refractivity contribution in [2.24, 2.45) is 5.41 Å². The monoisotopic (exact) mass is 294 g/mol. The minimum Gasteiger partial charge on any atom is -0.379 e. The van der Waals surface area contributed by atoms with Gasteiger partial charge in [-0.15, -0.1) is 11.3 Å². The van der Waals surface area contributed by atoms with Gasteiger partial charge in [0, 0.05) is 43.4 Å². The highest BCUT2D eigenvalue weighted by atomic mass is 32.1. The molecule has 3 heterocycles. The third kappa shape index (κ3) is 3.05. The van der Waals surface area contributed by atoms with E-state index in [1.807, 2.05) is 16.2 Å². The van der Waals surface area contributed by atoms with E-state index >= 15 is 0 Å². The first-order valence-corrected chi connectivity index (χ1v) is 8.13. The quantitative estimate of drug-likeness (QED) is 0.834. The van der Waals surface area contributed by atoms with Crippen LogP contribution in [0.15, 0.2) is 17.5 Å². The predicted molar refractivity (Wildman–Crippen MR) is 79.7 cm³/mol. The van der Waals surface area contributed by atoms with Crippen LogP contribution in [-0.2, 0) is 16.1 Å². The van der Waals surface area contributed by atoms with Crippen LogP contribution in [0.2, 0.25) is 0 Å². The van der Waals surface area contributed by atoms with E-state index in [2.05, 4.69) is 22.4 Å². The van der Waals surface area contributed by atoms with Gasteiger partial charge in [-0.2, -0.15) is 0 Å². The Kier molecular flexibility index (Phi) is 4.10. The Morgan fingerprint density at radius 1 is 1.45 bits per heavy atom. The average Bonchev–Trinajstić information content (AvgIpc) is 2.99. The molecule has 1 aromatic heterocycles. The lowest BCUT2D eigenvalue weighted by atomic mass is 9.87. The number of ether oxygens (including phenoxy) is 1. The maximum Gasteiger partial charge on any atom is 0.219 e. The van der Waals surface area contributed by atoms with Crippen LogP contribution in [0.25, 0.3) is 0 Å². The summed E-state index contributed by atoms with van der Waals surface area (Å²) in [6.07, 6.45) is 1.13. The second-order valence-electron chi connectivity index (χ2n) is 6.03. The van der Waals surface area contributed by atoms with Crippen molar-refractivity contribution in [3.8, 4) is 0 Å². The molecule has 2 aliphatic heterocycles. The lowest BCUT2D eigenvalue weighted by Crippen LogP contribution is -2.42. The summed E-state index contributed by atoms with van der Waals surface area (Å²) in [5.41, 5.74) is 0.138. The van der Waals surface area contributed by atoms with E-state index in [9.17, 15) is 4.79 Å². The van der Waals surface area contributed by atoms with Crippen molar-refractivity contribution in [3.63, 3.8) is 0 Å². The summed E-state index contributed by atoms with van der Waals surface area (Å²) in [6, 6.07) is 4.30. The van der Waals surface area contributed by atoms with Gasteiger partial charge in [-0.1, -0.05) is 6.07 Å². The van der Waals surface area contributed by atoms with Crippen LogP contribution in [0.3, 0.4) is 0 Å². The highest BCUT2D eigenvalue weighted by Crippen LogP contribution is 2.34.